The lowest BCUT2D eigenvalue weighted by atomic mass is 10.0. The number of amides is 1. The number of primary amides is 1. The van der Waals surface area contributed by atoms with Gasteiger partial charge in [-0.05, 0) is 43.6 Å². The minimum Gasteiger partial charge on any atom is -0.497 e. The van der Waals surface area contributed by atoms with Crippen molar-refractivity contribution in [2.24, 2.45) is 5.73 Å². The van der Waals surface area contributed by atoms with E-state index in [9.17, 15) is 4.79 Å². The summed E-state index contributed by atoms with van der Waals surface area (Å²) >= 11 is 0. The number of hydrogen-bond donors (Lipinski definition) is 1. The second-order valence-electron chi connectivity index (χ2n) is 4.32. The highest BCUT2D eigenvalue weighted by Crippen LogP contribution is 2.26. The third kappa shape index (κ3) is 2.58. The molecule has 1 aromatic carbocycles. The lowest BCUT2D eigenvalue weighted by Crippen LogP contribution is -2.35. The summed E-state index contributed by atoms with van der Waals surface area (Å²) in [6.45, 7) is 1.89. The Hall–Kier alpha value is -1.55. The number of methoxy groups -OCH3 is 1. The molecule has 1 heterocycles. The number of benzene rings is 1. The number of carbonyl (C=O) groups is 1. The fourth-order valence-electron chi connectivity index (χ4n) is 2.34. The molecule has 0 bridgehead atoms. The fourth-order valence-corrected chi connectivity index (χ4v) is 2.34. The van der Waals surface area contributed by atoms with Crippen LogP contribution in [0, 0.1) is 0 Å². The Morgan fingerprint density at radius 1 is 1.29 bits per heavy atom. The van der Waals surface area contributed by atoms with E-state index in [0.717, 1.165) is 37.2 Å². The summed E-state index contributed by atoms with van der Waals surface area (Å²) in [5.74, 6) is 0.510. The highest BCUT2D eigenvalue weighted by atomic mass is 16.5. The smallest absolute Gasteiger partial charge is 0.239 e. The lowest BCUT2D eigenvalue weighted by Gasteiger charge is -2.25. The minimum atomic E-state index is -0.302. The van der Waals surface area contributed by atoms with E-state index in [4.69, 9.17) is 10.5 Å². The van der Waals surface area contributed by atoms with Crippen molar-refractivity contribution in [1.82, 2.24) is 4.90 Å². The maximum Gasteiger partial charge on any atom is 0.239 e. The van der Waals surface area contributed by atoms with Crippen molar-refractivity contribution in [3.05, 3.63) is 29.8 Å². The fraction of sp³-hybridized carbons (Fsp3) is 0.462. The third-order valence-electron chi connectivity index (χ3n) is 3.21. The predicted octanol–water partition coefficient (Wildman–Crippen LogP) is 1.32. The summed E-state index contributed by atoms with van der Waals surface area (Å²) in [4.78, 5) is 13.7. The maximum absolute atomic E-state index is 11.6. The normalized spacial score (nSPS) is 17.9. The second-order valence-corrected chi connectivity index (χ2v) is 4.32. The van der Waals surface area contributed by atoms with Crippen LogP contribution in [-0.2, 0) is 4.79 Å². The Bertz CT molecular complexity index is 383. The molecule has 1 amide bonds. The first-order chi connectivity index (χ1) is 8.22. The van der Waals surface area contributed by atoms with Crippen LogP contribution in [0.1, 0.15) is 24.4 Å². The molecule has 2 N–H and O–H groups in total. The first-order valence-electron chi connectivity index (χ1n) is 5.89. The van der Waals surface area contributed by atoms with Gasteiger partial charge in [-0.3, -0.25) is 9.69 Å². The molecular formula is C13H18N2O2. The van der Waals surface area contributed by atoms with Gasteiger partial charge in [0, 0.05) is 0 Å². The van der Waals surface area contributed by atoms with Crippen LogP contribution in [0.15, 0.2) is 24.3 Å². The zero-order chi connectivity index (χ0) is 12.3. The second kappa shape index (κ2) is 5.19. The van der Waals surface area contributed by atoms with Crippen molar-refractivity contribution in [2.45, 2.75) is 18.9 Å². The van der Waals surface area contributed by atoms with Crippen LogP contribution in [0.3, 0.4) is 0 Å². The van der Waals surface area contributed by atoms with Crippen LogP contribution in [0.2, 0.25) is 0 Å². The summed E-state index contributed by atoms with van der Waals surface area (Å²) in [5, 5.41) is 0. The Morgan fingerprint density at radius 2 is 1.88 bits per heavy atom. The minimum absolute atomic E-state index is 0.280. The maximum atomic E-state index is 11.6. The van der Waals surface area contributed by atoms with Crippen molar-refractivity contribution in [2.75, 3.05) is 20.2 Å². The molecule has 2 rings (SSSR count). The molecule has 1 aliphatic rings. The first-order valence-corrected chi connectivity index (χ1v) is 5.89. The van der Waals surface area contributed by atoms with Gasteiger partial charge in [0.2, 0.25) is 5.91 Å². The van der Waals surface area contributed by atoms with E-state index in [0.29, 0.717) is 0 Å². The van der Waals surface area contributed by atoms with Crippen molar-refractivity contribution in [1.29, 1.82) is 0 Å². The summed E-state index contributed by atoms with van der Waals surface area (Å²) in [6, 6.07) is 7.24. The molecule has 0 saturated carbocycles. The van der Waals surface area contributed by atoms with E-state index in [1.807, 2.05) is 24.3 Å². The van der Waals surface area contributed by atoms with Crippen molar-refractivity contribution < 1.29 is 9.53 Å². The highest BCUT2D eigenvalue weighted by molar-refractivity contribution is 5.81. The number of hydrogen-bond acceptors (Lipinski definition) is 3. The molecule has 0 spiro atoms. The van der Waals surface area contributed by atoms with Gasteiger partial charge in [-0.1, -0.05) is 12.1 Å². The van der Waals surface area contributed by atoms with Crippen molar-refractivity contribution in [3.63, 3.8) is 0 Å². The molecule has 1 saturated heterocycles. The lowest BCUT2D eigenvalue weighted by molar-refractivity contribution is -0.123. The molecule has 4 heteroatoms. The van der Waals surface area contributed by atoms with E-state index in [1.54, 1.807) is 7.11 Å². The van der Waals surface area contributed by atoms with Gasteiger partial charge >= 0.3 is 0 Å². The summed E-state index contributed by atoms with van der Waals surface area (Å²) in [6.07, 6.45) is 2.28. The quantitative estimate of drug-likeness (QED) is 0.854. The number of likely N-dealkylation sites (tertiary alicyclic amines) is 1. The van der Waals surface area contributed by atoms with Gasteiger partial charge in [0.25, 0.3) is 0 Å². The van der Waals surface area contributed by atoms with Gasteiger partial charge in [-0.25, -0.2) is 0 Å². The summed E-state index contributed by atoms with van der Waals surface area (Å²) in [7, 11) is 1.63. The third-order valence-corrected chi connectivity index (χ3v) is 3.21. The molecule has 4 nitrogen and oxygen atoms in total. The van der Waals surface area contributed by atoms with Crippen LogP contribution in [-0.4, -0.2) is 31.0 Å². The van der Waals surface area contributed by atoms with E-state index in [1.165, 1.54) is 0 Å². The first kappa shape index (κ1) is 11.9. The largest absolute Gasteiger partial charge is 0.497 e. The number of nitrogens with two attached hydrogens (primary N) is 1. The van der Waals surface area contributed by atoms with Crippen LogP contribution in [0.25, 0.3) is 0 Å². The van der Waals surface area contributed by atoms with Crippen LogP contribution in [0.5, 0.6) is 5.75 Å². The van der Waals surface area contributed by atoms with Gasteiger partial charge < -0.3 is 10.5 Å². The monoisotopic (exact) mass is 234 g/mol. The topological polar surface area (TPSA) is 55.6 Å². The molecule has 1 aliphatic heterocycles. The standard InChI is InChI=1S/C13H18N2O2/c1-17-11-6-4-10(5-7-11)12(13(14)16)15-8-2-3-9-15/h4-7,12H,2-3,8-9H2,1H3,(H2,14,16). The number of ether oxygens (including phenoxy) is 1. The molecule has 1 atom stereocenters. The Labute approximate surface area is 101 Å². The zero-order valence-electron chi connectivity index (χ0n) is 10.1. The van der Waals surface area contributed by atoms with Crippen molar-refractivity contribution >= 4 is 5.91 Å². The Balaban J connectivity index is 2.22. The number of rotatable bonds is 4. The van der Waals surface area contributed by atoms with Crippen LogP contribution < -0.4 is 10.5 Å². The Morgan fingerprint density at radius 3 is 2.35 bits per heavy atom. The van der Waals surface area contributed by atoms with Gasteiger partial charge in [-0.15, -0.1) is 0 Å². The predicted molar refractivity (Wildman–Crippen MR) is 65.7 cm³/mol. The number of carbonyl (C=O) groups excluding carboxylic acids is 1. The molecule has 92 valence electrons. The zero-order valence-corrected chi connectivity index (χ0v) is 10.1. The molecule has 1 aromatic rings. The van der Waals surface area contributed by atoms with Crippen LogP contribution in [0.4, 0.5) is 0 Å². The highest BCUT2D eigenvalue weighted by Gasteiger charge is 2.27. The average molecular weight is 234 g/mol. The molecule has 0 aliphatic carbocycles. The molecule has 0 aromatic heterocycles. The molecule has 1 unspecified atom stereocenters. The summed E-state index contributed by atoms with van der Waals surface area (Å²) in [5.41, 5.74) is 6.45. The van der Waals surface area contributed by atoms with Crippen molar-refractivity contribution in [3.8, 4) is 5.75 Å². The Kier molecular flexibility index (Phi) is 3.64. The molecule has 0 radical (unpaired) electrons. The average Bonchev–Trinajstić information content (AvgIpc) is 2.83. The van der Waals surface area contributed by atoms with E-state index >= 15 is 0 Å². The van der Waals surface area contributed by atoms with E-state index in [-0.39, 0.29) is 11.9 Å². The summed E-state index contributed by atoms with van der Waals surface area (Å²) < 4.78 is 5.11. The van der Waals surface area contributed by atoms with Gasteiger partial charge in [0.05, 0.1) is 7.11 Å². The molecular weight excluding hydrogens is 216 g/mol. The van der Waals surface area contributed by atoms with Gasteiger partial charge in [-0.2, -0.15) is 0 Å². The molecule has 1 fully saturated rings. The van der Waals surface area contributed by atoms with E-state index in [2.05, 4.69) is 4.90 Å². The number of nitrogens with zero attached hydrogens (tertiary/aromatic N) is 1. The van der Waals surface area contributed by atoms with Crippen LogP contribution >= 0.6 is 0 Å². The van der Waals surface area contributed by atoms with Gasteiger partial charge in [0.1, 0.15) is 11.8 Å². The molecule has 17 heavy (non-hydrogen) atoms. The van der Waals surface area contributed by atoms with E-state index < -0.39 is 0 Å². The van der Waals surface area contributed by atoms with Gasteiger partial charge in [0.15, 0.2) is 0 Å². The SMILES string of the molecule is COc1ccc(C(C(N)=O)N2CCCC2)cc1.